The zero-order chi connectivity index (χ0) is 13.1. The van der Waals surface area contributed by atoms with E-state index in [2.05, 4.69) is 15.6 Å². The standard InChI is InChI=1S/C11H13ClN4O2/c12-10-8(3-6(13)4-14-10)11(18)15-5-9(17)16-7-1-2-7/h3-4,7H,1-2,5,13H2,(H,15,18)(H,16,17). The molecule has 1 saturated carbocycles. The smallest absolute Gasteiger partial charge is 0.254 e. The predicted molar refractivity (Wildman–Crippen MR) is 67.2 cm³/mol. The van der Waals surface area contributed by atoms with Crippen LogP contribution in [0.2, 0.25) is 5.15 Å². The summed E-state index contributed by atoms with van der Waals surface area (Å²) in [7, 11) is 0. The largest absolute Gasteiger partial charge is 0.397 e. The van der Waals surface area contributed by atoms with Crippen LogP contribution in [0.25, 0.3) is 0 Å². The molecule has 96 valence electrons. The van der Waals surface area contributed by atoms with Gasteiger partial charge in [-0.15, -0.1) is 0 Å². The highest BCUT2D eigenvalue weighted by molar-refractivity contribution is 6.32. The number of carbonyl (C=O) groups is 2. The van der Waals surface area contributed by atoms with Gasteiger partial charge in [-0.2, -0.15) is 0 Å². The second kappa shape index (κ2) is 5.22. The number of nitrogens with two attached hydrogens (primary N) is 1. The van der Waals surface area contributed by atoms with Crippen LogP contribution in [0, 0.1) is 0 Å². The number of anilines is 1. The van der Waals surface area contributed by atoms with E-state index in [0.717, 1.165) is 12.8 Å². The SMILES string of the molecule is Nc1cnc(Cl)c(C(=O)NCC(=O)NC2CC2)c1. The Morgan fingerprint density at radius 1 is 1.50 bits per heavy atom. The number of nitrogen functional groups attached to an aromatic ring is 1. The Balaban J connectivity index is 1.90. The number of rotatable bonds is 4. The van der Waals surface area contributed by atoms with E-state index in [0.29, 0.717) is 5.69 Å². The van der Waals surface area contributed by atoms with Gasteiger partial charge in [-0.1, -0.05) is 11.6 Å². The first-order chi connectivity index (χ1) is 8.56. The molecule has 7 heteroatoms. The number of pyridine rings is 1. The number of hydrogen-bond donors (Lipinski definition) is 3. The number of nitrogens with one attached hydrogen (secondary N) is 2. The van der Waals surface area contributed by atoms with E-state index in [4.69, 9.17) is 17.3 Å². The number of carbonyl (C=O) groups excluding carboxylic acids is 2. The maximum atomic E-state index is 11.8. The summed E-state index contributed by atoms with van der Waals surface area (Å²) < 4.78 is 0. The lowest BCUT2D eigenvalue weighted by molar-refractivity contribution is -0.120. The van der Waals surface area contributed by atoms with E-state index in [1.165, 1.54) is 12.3 Å². The summed E-state index contributed by atoms with van der Waals surface area (Å²) in [6.45, 7) is -0.0829. The van der Waals surface area contributed by atoms with Crippen LogP contribution < -0.4 is 16.4 Å². The molecule has 0 radical (unpaired) electrons. The van der Waals surface area contributed by atoms with Gasteiger partial charge in [0.15, 0.2) is 0 Å². The summed E-state index contributed by atoms with van der Waals surface area (Å²) in [5.41, 5.74) is 6.02. The lowest BCUT2D eigenvalue weighted by atomic mass is 10.2. The number of amides is 2. The average molecular weight is 269 g/mol. The third-order valence-electron chi connectivity index (χ3n) is 2.46. The zero-order valence-corrected chi connectivity index (χ0v) is 10.3. The van der Waals surface area contributed by atoms with Gasteiger partial charge in [0, 0.05) is 6.04 Å². The van der Waals surface area contributed by atoms with Crippen molar-refractivity contribution in [3.8, 4) is 0 Å². The molecule has 1 fully saturated rings. The number of aromatic nitrogens is 1. The third kappa shape index (κ3) is 3.33. The van der Waals surface area contributed by atoms with Crippen LogP contribution in [-0.2, 0) is 4.79 Å². The molecule has 6 nitrogen and oxygen atoms in total. The molecule has 1 heterocycles. The Bertz CT molecular complexity index is 488. The topological polar surface area (TPSA) is 97.1 Å². The highest BCUT2D eigenvalue weighted by Crippen LogP contribution is 2.18. The number of nitrogens with zero attached hydrogens (tertiary/aromatic N) is 1. The summed E-state index contributed by atoms with van der Waals surface area (Å²) in [5.74, 6) is -0.676. The fourth-order valence-corrected chi connectivity index (χ4v) is 1.57. The van der Waals surface area contributed by atoms with Crippen LogP contribution in [0.15, 0.2) is 12.3 Å². The first-order valence-corrected chi connectivity index (χ1v) is 5.92. The molecule has 2 amide bonds. The van der Waals surface area contributed by atoms with E-state index >= 15 is 0 Å². The van der Waals surface area contributed by atoms with Gasteiger partial charge in [-0.3, -0.25) is 9.59 Å². The first kappa shape index (κ1) is 12.6. The van der Waals surface area contributed by atoms with Gasteiger partial charge in [0.1, 0.15) is 5.15 Å². The van der Waals surface area contributed by atoms with Crippen molar-refractivity contribution < 1.29 is 9.59 Å². The molecular formula is C11H13ClN4O2. The quantitative estimate of drug-likeness (QED) is 0.686. The second-order valence-electron chi connectivity index (χ2n) is 4.13. The second-order valence-corrected chi connectivity index (χ2v) is 4.49. The number of hydrogen-bond acceptors (Lipinski definition) is 4. The van der Waals surface area contributed by atoms with E-state index in [9.17, 15) is 9.59 Å². The van der Waals surface area contributed by atoms with Crippen molar-refractivity contribution in [2.45, 2.75) is 18.9 Å². The van der Waals surface area contributed by atoms with Crippen molar-refractivity contribution in [2.75, 3.05) is 12.3 Å². The average Bonchev–Trinajstić information content (AvgIpc) is 3.13. The molecule has 1 aromatic heterocycles. The van der Waals surface area contributed by atoms with E-state index in [-0.39, 0.29) is 29.2 Å². The fourth-order valence-electron chi connectivity index (χ4n) is 1.39. The Labute approximate surface area is 109 Å². The minimum atomic E-state index is -0.467. The van der Waals surface area contributed by atoms with Crippen LogP contribution in [-0.4, -0.2) is 29.4 Å². The minimum absolute atomic E-state index is 0.0595. The molecule has 0 aromatic carbocycles. The minimum Gasteiger partial charge on any atom is -0.397 e. The maximum absolute atomic E-state index is 11.8. The van der Waals surface area contributed by atoms with E-state index < -0.39 is 5.91 Å². The van der Waals surface area contributed by atoms with Crippen LogP contribution >= 0.6 is 11.6 Å². The van der Waals surface area contributed by atoms with Gasteiger partial charge in [-0.25, -0.2) is 4.98 Å². The van der Waals surface area contributed by atoms with Gasteiger partial charge >= 0.3 is 0 Å². The Hall–Kier alpha value is -1.82. The van der Waals surface area contributed by atoms with Crippen LogP contribution in [0.5, 0.6) is 0 Å². The van der Waals surface area contributed by atoms with Crippen molar-refractivity contribution in [3.63, 3.8) is 0 Å². The molecule has 0 unspecified atom stereocenters. The molecule has 1 aliphatic carbocycles. The highest BCUT2D eigenvalue weighted by atomic mass is 35.5. The van der Waals surface area contributed by atoms with Gasteiger partial charge < -0.3 is 16.4 Å². The summed E-state index contributed by atoms with van der Waals surface area (Å²) in [6.07, 6.45) is 3.37. The molecule has 0 spiro atoms. The third-order valence-corrected chi connectivity index (χ3v) is 2.76. The molecule has 0 saturated heterocycles. The molecule has 18 heavy (non-hydrogen) atoms. The van der Waals surface area contributed by atoms with Crippen LogP contribution in [0.4, 0.5) is 5.69 Å². The lowest BCUT2D eigenvalue weighted by Crippen LogP contribution is -2.38. The summed E-state index contributed by atoms with van der Waals surface area (Å²) in [6, 6.07) is 1.69. The van der Waals surface area contributed by atoms with Gasteiger partial charge in [0.25, 0.3) is 5.91 Å². The Morgan fingerprint density at radius 3 is 2.89 bits per heavy atom. The van der Waals surface area contributed by atoms with E-state index in [1.54, 1.807) is 0 Å². The molecule has 0 aliphatic heterocycles. The summed E-state index contributed by atoms with van der Waals surface area (Å²) >= 11 is 5.77. The molecule has 2 rings (SSSR count). The fraction of sp³-hybridized carbons (Fsp3) is 0.364. The Kier molecular flexibility index (Phi) is 3.66. The van der Waals surface area contributed by atoms with Crippen molar-refractivity contribution in [2.24, 2.45) is 0 Å². The first-order valence-electron chi connectivity index (χ1n) is 5.55. The molecule has 1 aliphatic rings. The molecular weight excluding hydrogens is 256 g/mol. The normalized spacial score (nSPS) is 14.1. The van der Waals surface area contributed by atoms with Crippen LogP contribution in [0.1, 0.15) is 23.2 Å². The lowest BCUT2D eigenvalue weighted by Gasteiger charge is -2.07. The van der Waals surface area contributed by atoms with Gasteiger partial charge in [0.05, 0.1) is 24.0 Å². The summed E-state index contributed by atoms with van der Waals surface area (Å²) in [5, 5.41) is 5.29. The molecule has 1 aromatic rings. The van der Waals surface area contributed by atoms with Crippen molar-refractivity contribution in [1.82, 2.24) is 15.6 Å². The Morgan fingerprint density at radius 2 is 2.22 bits per heavy atom. The molecule has 0 atom stereocenters. The molecule has 0 bridgehead atoms. The van der Waals surface area contributed by atoms with E-state index in [1.807, 2.05) is 0 Å². The van der Waals surface area contributed by atoms with Crippen molar-refractivity contribution in [1.29, 1.82) is 0 Å². The molecule has 4 N–H and O–H groups in total. The van der Waals surface area contributed by atoms with Crippen LogP contribution in [0.3, 0.4) is 0 Å². The van der Waals surface area contributed by atoms with Crippen molar-refractivity contribution in [3.05, 3.63) is 23.0 Å². The maximum Gasteiger partial charge on any atom is 0.254 e. The number of halogens is 1. The predicted octanol–water partition coefficient (Wildman–Crippen LogP) is 0.326. The van der Waals surface area contributed by atoms with Crippen molar-refractivity contribution >= 4 is 29.1 Å². The zero-order valence-electron chi connectivity index (χ0n) is 9.57. The van der Waals surface area contributed by atoms with Gasteiger partial charge in [-0.05, 0) is 18.9 Å². The highest BCUT2D eigenvalue weighted by Gasteiger charge is 2.23. The monoisotopic (exact) mass is 268 g/mol. The van der Waals surface area contributed by atoms with Gasteiger partial charge in [0.2, 0.25) is 5.91 Å². The summed E-state index contributed by atoms with van der Waals surface area (Å²) in [4.78, 5) is 26.9.